The number of hydrogen-bond donors (Lipinski definition) is 0. The Labute approximate surface area is 139 Å². The van der Waals surface area contributed by atoms with Crippen LogP contribution in [0, 0.1) is 0 Å². The van der Waals surface area contributed by atoms with Gasteiger partial charge in [0.05, 0.1) is 19.8 Å². The zero-order valence-corrected chi connectivity index (χ0v) is 14.0. The van der Waals surface area contributed by atoms with Crippen LogP contribution in [0.3, 0.4) is 0 Å². The van der Waals surface area contributed by atoms with Crippen LogP contribution in [-0.2, 0) is 14.3 Å². The highest BCUT2D eigenvalue weighted by Gasteiger charge is 2.37. The first-order chi connectivity index (χ1) is 11.0. The van der Waals surface area contributed by atoms with Gasteiger partial charge >= 0.3 is 0 Å². The molecule has 2 amide bonds. The normalized spacial score (nSPS) is 14.7. The minimum absolute atomic E-state index is 0.0837. The molecule has 6 nitrogen and oxygen atoms in total. The van der Waals surface area contributed by atoms with E-state index in [9.17, 15) is 9.59 Å². The molecule has 7 heteroatoms. The molecule has 0 saturated heterocycles. The van der Waals surface area contributed by atoms with Crippen molar-refractivity contribution in [2.45, 2.75) is 6.42 Å². The van der Waals surface area contributed by atoms with Gasteiger partial charge in [0.2, 0.25) is 0 Å². The first kappa shape index (κ1) is 17.3. The Bertz CT molecular complexity index is 656. The van der Waals surface area contributed by atoms with Crippen LogP contribution in [0.2, 0.25) is 0 Å². The zero-order valence-electron chi connectivity index (χ0n) is 13.2. The SMILES string of the molecule is COCCCN1C(=O)C(Cl)=C(c2ccc(OC)c(OC)c2)C1=O. The summed E-state index contributed by atoms with van der Waals surface area (Å²) in [5.74, 6) is 0.0858. The monoisotopic (exact) mass is 339 g/mol. The van der Waals surface area contributed by atoms with Gasteiger partial charge in [-0.25, -0.2) is 0 Å². The molecule has 1 aliphatic heterocycles. The number of halogens is 1. The molecule has 0 fully saturated rings. The van der Waals surface area contributed by atoms with Gasteiger partial charge in [-0.05, 0) is 24.1 Å². The Morgan fingerprint density at radius 1 is 1.04 bits per heavy atom. The second-order valence-corrected chi connectivity index (χ2v) is 5.25. The molecule has 0 saturated carbocycles. The van der Waals surface area contributed by atoms with Crippen LogP contribution in [0.15, 0.2) is 23.2 Å². The Hall–Kier alpha value is -2.05. The fraction of sp³-hybridized carbons (Fsp3) is 0.375. The molecule has 0 aromatic heterocycles. The lowest BCUT2D eigenvalue weighted by Gasteiger charge is -2.14. The molecule has 1 aromatic rings. The third kappa shape index (κ3) is 3.33. The summed E-state index contributed by atoms with van der Waals surface area (Å²) in [7, 11) is 4.58. The van der Waals surface area contributed by atoms with Crippen LogP contribution in [-0.4, -0.2) is 51.2 Å². The Morgan fingerprint density at radius 2 is 1.74 bits per heavy atom. The summed E-state index contributed by atoms with van der Waals surface area (Å²) < 4.78 is 15.3. The van der Waals surface area contributed by atoms with Crippen molar-refractivity contribution in [2.75, 3.05) is 34.5 Å². The van der Waals surface area contributed by atoms with Crippen molar-refractivity contribution < 1.29 is 23.8 Å². The van der Waals surface area contributed by atoms with Crippen LogP contribution in [0.4, 0.5) is 0 Å². The molecule has 1 aromatic carbocycles. The van der Waals surface area contributed by atoms with E-state index in [0.29, 0.717) is 30.1 Å². The van der Waals surface area contributed by atoms with Crippen LogP contribution >= 0.6 is 11.6 Å². The van der Waals surface area contributed by atoms with E-state index in [4.69, 9.17) is 25.8 Å². The topological polar surface area (TPSA) is 65.1 Å². The summed E-state index contributed by atoms with van der Waals surface area (Å²) >= 11 is 6.10. The highest BCUT2D eigenvalue weighted by molar-refractivity contribution is 6.55. The largest absolute Gasteiger partial charge is 0.493 e. The van der Waals surface area contributed by atoms with E-state index in [1.54, 1.807) is 25.3 Å². The first-order valence-corrected chi connectivity index (χ1v) is 7.40. The molecule has 0 unspecified atom stereocenters. The minimum Gasteiger partial charge on any atom is -0.493 e. The van der Waals surface area contributed by atoms with E-state index >= 15 is 0 Å². The van der Waals surface area contributed by atoms with Gasteiger partial charge in [-0.2, -0.15) is 0 Å². The van der Waals surface area contributed by atoms with Crippen LogP contribution in [0.5, 0.6) is 11.5 Å². The highest BCUT2D eigenvalue weighted by Crippen LogP contribution is 2.36. The molecule has 124 valence electrons. The molecule has 0 radical (unpaired) electrons. The molecule has 2 rings (SSSR count). The summed E-state index contributed by atoms with van der Waals surface area (Å²) in [6.07, 6.45) is 0.553. The van der Waals surface area contributed by atoms with E-state index < -0.39 is 11.8 Å². The van der Waals surface area contributed by atoms with Gasteiger partial charge in [0.25, 0.3) is 11.8 Å². The fourth-order valence-electron chi connectivity index (χ4n) is 2.36. The Balaban J connectivity index is 2.32. The molecule has 0 aliphatic carbocycles. The van der Waals surface area contributed by atoms with Gasteiger partial charge in [0.1, 0.15) is 5.03 Å². The molecule has 0 bridgehead atoms. The smallest absolute Gasteiger partial charge is 0.273 e. The molecule has 23 heavy (non-hydrogen) atoms. The van der Waals surface area contributed by atoms with Crippen LogP contribution in [0.1, 0.15) is 12.0 Å². The average Bonchev–Trinajstić information content (AvgIpc) is 2.77. The van der Waals surface area contributed by atoms with Gasteiger partial charge in [0.15, 0.2) is 11.5 Å². The van der Waals surface area contributed by atoms with Crippen molar-refractivity contribution in [1.82, 2.24) is 4.90 Å². The standard InChI is InChI=1S/C16H18ClNO5/c1-21-8-4-7-18-15(19)13(14(17)16(18)20)10-5-6-11(22-2)12(9-10)23-3/h5-6,9H,4,7-8H2,1-3H3. The molecule has 0 N–H and O–H groups in total. The van der Waals surface area contributed by atoms with Crippen molar-refractivity contribution in [1.29, 1.82) is 0 Å². The maximum atomic E-state index is 12.5. The lowest BCUT2D eigenvalue weighted by atomic mass is 10.1. The van der Waals surface area contributed by atoms with Crippen molar-refractivity contribution >= 4 is 29.0 Å². The van der Waals surface area contributed by atoms with E-state index in [0.717, 1.165) is 4.90 Å². The van der Waals surface area contributed by atoms with Gasteiger partial charge in [-0.3, -0.25) is 14.5 Å². The second kappa shape index (κ2) is 7.48. The van der Waals surface area contributed by atoms with Gasteiger partial charge in [-0.1, -0.05) is 17.7 Å². The van der Waals surface area contributed by atoms with Gasteiger partial charge in [-0.15, -0.1) is 0 Å². The number of benzene rings is 1. The number of rotatable bonds is 7. The first-order valence-electron chi connectivity index (χ1n) is 7.02. The van der Waals surface area contributed by atoms with Crippen molar-refractivity contribution in [3.05, 3.63) is 28.8 Å². The molecular formula is C16H18ClNO5. The lowest BCUT2D eigenvalue weighted by molar-refractivity contribution is -0.136. The maximum Gasteiger partial charge on any atom is 0.273 e. The summed E-state index contributed by atoms with van der Waals surface area (Å²) in [4.78, 5) is 25.8. The van der Waals surface area contributed by atoms with Crippen molar-refractivity contribution in [3.8, 4) is 11.5 Å². The van der Waals surface area contributed by atoms with Crippen LogP contribution in [0.25, 0.3) is 5.57 Å². The predicted molar refractivity (Wildman–Crippen MR) is 85.5 cm³/mol. The number of hydrogen-bond acceptors (Lipinski definition) is 5. The number of ether oxygens (including phenoxy) is 3. The number of amides is 2. The number of nitrogens with zero attached hydrogens (tertiary/aromatic N) is 1. The maximum absolute atomic E-state index is 12.5. The van der Waals surface area contributed by atoms with Gasteiger partial charge in [0, 0.05) is 20.3 Å². The lowest BCUT2D eigenvalue weighted by Crippen LogP contribution is -2.32. The number of carbonyl (C=O) groups excluding carboxylic acids is 2. The summed E-state index contributed by atoms with van der Waals surface area (Å²) in [5, 5.41) is -0.0837. The molecule has 0 spiro atoms. The van der Waals surface area contributed by atoms with E-state index in [2.05, 4.69) is 0 Å². The highest BCUT2D eigenvalue weighted by atomic mass is 35.5. The Morgan fingerprint density at radius 3 is 2.35 bits per heavy atom. The van der Waals surface area contributed by atoms with E-state index in [1.165, 1.54) is 14.2 Å². The van der Waals surface area contributed by atoms with E-state index in [-0.39, 0.29) is 17.2 Å². The fourth-order valence-corrected chi connectivity index (χ4v) is 2.65. The number of imide groups is 1. The summed E-state index contributed by atoms with van der Waals surface area (Å²) in [5.41, 5.74) is 0.690. The van der Waals surface area contributed by atoms with Gasteiger partial charge < -0.3 is 14.2 Å². The van der Waals surface area contributed by atoms with Crippen molar-refractivity contribution in [3.63, 3.8) is 0 Å². The van der Waals surface area contributed by atoms with Crippen LogP contribution < -0.4 is 9.47 Å². The summed E-state index contributed by atoms with van der Waals surface area (Å²) in [6.45, 7) is 0.721. The number of methoxy groups -OCH3 is 3. The third-order valence-electron chi connectivity index (χ3n) is 3.51. The average molecular weight is 340 g/mol. The van der Waals surface area contributed by atoms with E-state index in [1.807, 2.05) is 0 Å². The van der Waals surface area contributed by atoms with Crippen molar-refractivity contribution in [2.24, 2.45) is 0 Å². The molecular weight excluding hydrogens is 322 g/mol. The third-order valence-corrected chi connectivity index (χ3v) is 3.86. The zero-order chi connectivity index (χ0) is 17.0. The number of carbonyl (C=O) groups is 2. The molecule has 0 atom stereocenters. The quantitative estimate of drug-likeness (QED) is 0.562. The Kier molecular flexibility index (Phi) is 5.63. The minimum atomic E-state index is -0.488. The molecule has 1 aliphatic rings. The second-order valence-electron chi connectivity index (χ2n) is 4.87. The molecule has 1 heterocycles. The predicted octanol–water partition coefficient (Wildman–Crippen LogP) is 2.06. The summed E-state index contributed by atoms with van der Waals surface area (Å²) in [6, 6.07) is 4.96.